The molecule has 1 amide bonds. The molecule has 2 rings (SSSR count). The normalized spacial score (nSPS) is 10.9. The lowest BCUT2D eigenvalue weighted by molar-refractivity contribution is 0.0635. The third-order valence-corrected chi connectivity index (χ3v) is 2.77. The first-order valence-electron chi connectivity index (χ1n) is 7.13. The molecular weight excluding hydrogens is 278 g/mol. The molecule has 0 aliphatic rings. The molecule has 0 aliphatic carbocycles. The number of benzene rings is 1. The van der Waals surface area contributed by atoms with Gasteiger partial charge in [-0.25, -0.2) is 9.78 Å². The first-order chi connectivity index (χ1) is 10.3. The summed E-state index contributed by atoms with van der Waals surface area (Å²) in [6, 6.07) is 13.5. The zero-order valence-electron chi connectivity index (χ0n) is 13.3. The van der Waals surface area contributed by atoms with E-state index >= 15 is 0 Å². The highest BCUT2D eigenvalue weighted by atomic mass is 16.6. The van der Waals surface area contributed by atoms with Crippen LogP contribution in [-0.4, -0.2) is 16.7 Å². The SMILES string of the molecule is Cc1nc(NC(=O)OC(C)(C)C)ccc1Nc1ccccc1. The van der Waals surface area contributed by atoms with Gasteiger partial charge in [0.1, 0.15) is 11.4 Å². The molecule has 5 nitrogen and oxygen atoms in total. The van der Waals surface area contributed by atoms with E-state index in [9.17, 15) is 4.79 Å². The monoisotopic (exact) mass is 299 g/mol. The molecule has 0 unspecified atom stereocenters. The largest absolute Gasteiger partial charge is 0.444 e. The van der Waals surface area contributed by atoms with Crippen molar-refractivity contribution < 1.29 is 9.53 Å². The topological polar surface area (TPSA) is 63.2 Å². The summed E-state index contributed by atoms with van der Waals surface area (Å²) in [5.74, 6) is 0.463. The lowest BCUT2D eigenvalue weighted by Gasteiger charge is -2.19. The van der Waals surface area contributed by atoms with E-state index in [1.165, 1.54) is 0 Å². The number of hydrogen-bond donors (Lipinski definition) is 2. The number of aryl methyl sites for hydroxylation is 1. The molecule has 0 saturated heterocycles. The van der Waals surface area contributed by atoms with Crippen LogP contribution >= 0.6 is 0 Å². The minimum Gasteiger partial charge on any atom is -0.444 e. The second-order valence-electron chi connectivity index (χ2n) is 5.95. The molecule has 2 N–H and O–H groups in total. The molecule has 116 valence electrons. The Morgan fingerprint density at radius 2 is 1.77 bits per heavy atom. The van der Waals surface area contributed by atoms with Crippen LogP contribution in [0.25, 0.3) is 0 Å². The average Bonchev–Trinajstić information content (AvgIpc) is 2.41. The minimum atomic E-state index is -0.534. The zero-order chi connectivity index (χ0) is 16.2. The van der Waals surface area contributed by atoms with Crippen molar-refractivity contribution in [1.29, 1.82) is 0 Å². The number of anilines is 3. The molecule has 2 aromatic rings. The van der Waals surface area contributed by atoms with Gasteiger partial charge in [-0.05, 0) is 52.0 Å². The van der Waals surface area contributed by atoms with Gasteiger partial charge in [0.05, 0.1) is 11.4 Å². The number of hydrogen-bond acceptors (Lipinski definition) is 4. The fourth-order valence-electron chi connectivity index (χ4n) is 1.85. The molecule has 0 bridgehead atoms. The molecule has 1 heterocycles. The predicted octanol–water partition coefficient (Wildman–Crippen LogP) is 4.48. The second-order valence-corrected chi connectivity index (χ2v) is 5.95. The quantitative estimate of drug-likeness (QED) is 0.877. The molecule has 0 atom stereocenters. The molecule has 22 heavy (non-hydrogen) atoms. The van der Waals surface area contributed by atoms with Gasteiger partial charge in [-0.2, -0.15) is 0 Å². The zero-order valence-corrected chi connectivity index (χ0v) is 13.3. The van der Waals surface area contributed by atoms with E-state index in [1.807, 2.05) is 64.1 Å². The summed E-state index contributed by atoms with van der Waals surface area (Å²) in [5.41, 5.74) is 2.13. The Morgan fingerprint density at radius 1 is 1.09 bits per heavy atom. The van der Waals surface area contributed by atoms with Crippen molar-refractivity contribution >= 4 is 23.3 Å². The van der Waals surface area contributed by atoms with Crippen molar-refractivity contribution in [2.24, 2.45) is 0 Å². The highest BCUT2D eigenvalue weighted by Gasteiger charge is 2.16. The number of carbonyl (C=O) groups is 1. The van der Waals surface area contributed by atoms with Crippen LogP contribution in [0.3, 0.4) is 0 Å². The van der Waals surface area contributed by atoms with Crippen LogP contribution < -0.4 is 10.6 Å². The molecule has 0 spiro atoms. The third kappa shape index (κ3) is 4.77. The lowest BCUT2D eigenvalue weighted by atomic mass is 10.2. The smallest absolute Gasteiger partial charge is 0.413 e. The van der Waals surface area contributed by atoms with Gasteiger partial charge in [-0.1, -0.05) is 18.2 Å². The molecule has 5 heteroatoms. The maximum absolute atomic E-state index is 11.7. The Labute approximate surface area is 130 Å². The highest BCUT2D eigenvalue weighted by Crippen LogP contribution is 2.21. The van der Waals surface area contributed by atoms with E-state index in [2.05, 4.69) is 15.6 Å². The van der Waals surface area contributed by atoms with Crippen LogP contribution in [0.1, 0.15) is 26.5 Å². The Kier molecular flexibility index (Phi) is 4.65. The van der Waals surface area contributed by atoms with Crippen molar-refractivity contribution in [3.8, 4) is 0 Å². The number of pyridine rings is 1. The van der Waals surface area contributed by atoms with Crippen LogP contribution in [0, 0.1) is 6.92 Å². The summed E-state index contributed by atoms with van der Waals surface area (Å²) in [4.78, 5) is 16.1. The molecular formula is C17H21N3O2. The van der Waals surface area contributed by atoms with Gasteiger partial charge < -0.3 is 10.1 Å². The van der Waals surface area contributed by atoms with E-state index in [0.717, 1.165) is 17.1 Å². The Morgan fingerprint density at radius 3 is 2.36 bits per heavy atom. The number of aromatic nitrogens is 1. The number of amides is 1. The molecule has 0 fully saturated rings. The van der Waals surface area contributed by atoms with Crippen molar-refractivity contribution in [2.75, 3.05) is 10.6 Å². The minimum absolute atomic E-state index is 0.463. The van der Waals surface area contributed by atoms with Crippen LogP contribution in [0.2, 0.25) is 0 Å². The summed E-state index contributed by atoms with van der Waals surface area (Å²) >= 11 is 0. The summed E-state index contributed by atoms with van der Waals surface area (Å²) in [6.45, 7) is 7.33. The molecule has 0 aliphatic heterocycles. The number of nitrogens with zero attached hydrogens (tertiary/aromatic N) is 1. The van der Waals surface area contributed by atoms with Gasteiger partial charge in [0.2, 0.25) is 0 Å². The third-order valence-electron chi connectivity index (χ3n) is 2.77. The fourth-order valence-corrected chi connectivity index (χ4v) is 1.85. The maximum atomic E-state index is 11.7. The van der Waals surface area contributed by atoms with E-state index in [1.54, 1.807) is 6.07 Å². The Hall–Kier alpha value is -2.56. The Bertz CT molecular complexity index is 649. The maximum Gasteiger partial charge on any atom is 0.413 e. The van der Waals surface area contributed by atoms with Crippen molar-refractivity contribution in [3.63, 3.8) is 0 Å². The molecule has 1 aromatic heterocycles. The number of rotatable bonds is 3. The van der Waals surface area contributed by atoms with Crippen LogP contribution in [0.15, 0.2) is 42.5 Å². The highest BCUT2D eigenvalue weighted by molar-refractivity contribution is 5.84. The van der Waals surface area contributed by atoms with Crippen molar-refractivity contribution in [3.05, 3.63) is 48.2 Å². The second kappa shape index (κ2) is 6.47. The van der Waals surface area contributed by atoms with E-state index in [0.29, 0.717) is 5.82 Å². The standard InChI is InChI=1S/C17H21N3O2/c1-12-14(19-13-8-6-5-7-9-13)10-11-15(18-12)20-16(21)22-17(2,3)4/h5-11,19H,1-4H3,(H,18,20,21). The predicted molar refractivity (Wildman–Crippen MR) is 88.6 cm³/mol. The van der Waals surface area contributed by atoms with Crippen LogP contribution in [0.4, 0.5) is 22.0 Å². The van der Waals surface area contributed by atoms with Gasteiger partial charge in [0, 0.05) is 5.69 Å². The number of carbonyl (C=O) groups excluding carboxylic acids is 1. The van der Waals surface area contributed by atoms with Gasteiger partial charge in [-0.3, -0.25) is 5.32 Å². The average molecular weight is 299 g/mol. The summed E-state index contributed by atoms with van der Waals surface area (Å²) < 4.78 is 5.20. The molecule has 0 saturated carbocycles. The Balaban J connectivity index is 2.05. The summed E-state index contributed by atoms with van der Waals surface area (Å²) in [7, 11) is 0. The number of nitrogens with one attached hydrogen (secondary N) is 2. The molecule has 1 aromatic carbocycles. The summed E-state index contributed by atoms with van der Waals surface area (Å²) in [6.07, 6.45) is -0.511. The van der Waals surface area contributed by atoms with Crippen LogP contribution in [0.5, 0.6) is 0 Å². The first kappa shape index (κ1) is 15.8. The van der Waals surface area contributed by atoms with Crippen LogP contribution in [-0.2, 0) is 4.74 Å². The van der Waals surface area contributed by atoms with Gasteiger partial charge in [0.25, 0.3) is 0 Å². The first-order valence-corrected chi connectivity index (χ1v) is 7.13. The van der Waals surface area contributed by atoms with Gasteiger partial charge in [-0.15, -0.1) is 0 Å². The van der Waals surface area contributed by atoms with E-state index < -0.39 is 11.7 Å². The fraction of sp³-hybridized carbons (Fsp3) is 0.294. The van der Waals surface area contributed by atoms with Gasteiger partial charge in [0.15, 0.2) is 0 Å². The summed E-state index contributed by atoms with van der Waals surface area (Å²) in [5, 5.41) is 5.91. The number of para-hydroxylation sites is 1. The number of ether oxygens (including phenoxy) is 1. The van der Waals surface area contributed by atoms with Crippen molar-refractivity contribution in [2.45, 2.75) is 33.3 Å². The van der Waals surface area contributed by atoms with Crippen molar-refractivity contribution in [1.82, 2.24) is 4.98 Å². The van der Waals surface area contributed by atoms with E-state index in [-0.39, 0.29) is 0 Å². The van der Waals surface area contributed by atoms with E-state index in [4.69, 9.17) is 4.74 Å². The molecule has 0 radical (unpaired) electrons. The van der Waals surface area contributed by atoms with Gasteiger partial charge >= 0.3 is 6.09 Å². The lowest BCUT2D eigenvalue weighted by Crippen LogP contribution is -2.27.